The van der Waals surface area contributed by atoms with Gasteiger partial charge in [-0.15, -0.1) is 6.58 Å². The Balaban J connectivity index is 2.43. The minimum Gasteiger partial charge on any atom is -0.359 e. The topological polar surface area (TPSA) is 18.5 Å². The Morgan fingerprint density at radius 2 is 2.06 bits per heavy atom. The highest BCUT2D eigenvalue weighted by Crippen LogP contribution is 2.14. The Morgan fingerprint density at radius 3 is 2.62 bits per heavy atom. The van der Waals surface area contributed by atoms with Crippen LogP contribution in [0.4, 0.5) is 0 Å². The fourth-order valence-electron chi connectivity index (χ4n) is 1.42. The summed E-state index contributed by atoms with van der Waals surface area (Å²) in [7, 11) is 1.61. The van der Waals surface area contributed by atoms with E-state index in [0.29, 0.717) is 19.3 Å². The molecular formula is C13H17ClO2. The van der Waals surface area contributed by atoms with Crippen LogP contribution in [0.5, 0.6) is 0 Å². The van der Waals surface area contributed by atoms with Crippen molar-refractivity contribution in [2.75, 3.05) is 20.5 Å². The van der Waals surface area contributed by atoms with E-state index in [1.165, 1.54) is 5.56 Å². The van der Waals surface area contributed by atoms with Crippen LogP contribution in [0, 0.1) is 5.92 Å². The van der Waals surface area contributed by atoms with Gasteiger partial charge in [-0.3, -0.25) is 0 Å². The second-order valence-electron chi connectivity index (χ2n) is 3.60. The van der Waals surface area contributed by atoms with E-state index < -0.39 is 0 Å². The van der Waals surface area contributed by atoms with E-state index in [9.17, 15) is 0 Å². The number of rotatable bonds is 7. The molecule has 0 amide bonds. The highest BCUT2D eigenvalue weighted by Gasteiger charge is 2.05. The Morgan fingerprint density at radius 1 is 1.38 bits per heavy atom. The molecule has 0 aliphatic rings. The predicted molar refractivity (Wildman–Crippen MR) is 66.7 cm³/mol. The number of hydrogen-bond acceptors (Lipinski definition) is 2. The van der Waals surface area contributed by atoms with E-state index in [0.717, 1.165) is 11.4 Å². The number of hydrogen-bond donors (Lipinski definition) is 0. The molecule has 0 saturated carbocycles. The molecule has 0 aliphatic heterocycles. The van der Waals surface area contributed by atoms with Crippen LogP contribution in [-0.4, -0.2) is 20.5 Å². The largest absolute Gasteiger partial charge is 0.359 e. The smallest absolute Gasteiger partial charge is 0.146 e. The van der Waals surface area contributed by atoms with E-state index in [2.05, 4.69) is 6.58 Å². The highest BCUT2D eigenvalue weighted by molar-refractivity contribution is 6.30. The average Bonchev–Trinajstić information content (AvgIpc) is 2.31. The van der Waals surface area contributed by atoms with Gasteiger partial charge in [-0.1, -0.05) is 29.8 Å². The van der Waals surface area contributed by atoms with Crippen molar-refractivity contribution < 1.29 is 9.47 Å². The molecule has 16 heavy (non-hydrogen) atoms. The molecule has 0 fully saturated rings. The van der Waals surface area contributed by atoms with E-state index in [1.54, 1.807) is 7.11 Å². The summed E-state index contributed by atoms with van der Waals surface area (Å²) in [5.74, 6) is 0.302. The Labute approximate surface area is 102 Å². The minimum atomic E-state index is 0.302. The monoisotopic (exact) mass is 240 g/mol. The molecule has 0 radical (unpaired) electrons. The van der Waals surface area contributed by atoms with Gasteiger partial charge in [-0.2, -0.15) is 0 Å². The van der Waals surface area contributed by atoms with Gasteiger partial charge < -0.3 is 9.47 Å². The summed E-state index contributed by atoms with van der Waals surface area (Å²) in [4.78, 5) is 0. The quantitative estimate of drug-likeness (QED) is 0.414. The van der Waals surface area contributed by atoms with Gasteiger partial charge in [0.1, 0.15) is 6.79 Å². The van der Waals surface area contributed by atoms with Gasteiger partial charge in [-0.05, 0) is 24.1 Å². The summed E-state index contributed by atoms with van der Waals surface area (Å²) in [6, 6.07) is 7.84. The third-order valence-electron chi connectivity index (χ3n) is 2.28. The fourth-order valence-corrected chi connectivity index (χ4v) is 1.54. The number of ether oxygens (including phenoxy) is 2. The summed E-state index contributed by atoms with van der Waals surface area (Å²) in [6.45, 7) is 4.76. The molecule has 2 nitrogen and oxygen atoms in total. The molecule has 1 aromatic rings. The SMILES string of the molecule is C=C[C@H](COCOC)Cc1ccc(Cl)cc1. The molecule has 0 bridgehead atoms. The standard InChI is InChI=1S/C13H17ClO2/c1-3-11(9-16-10-15-2)8-12-4-6-13(14)7-5-12/h3-7,11H,1,8-10H2,2H3/t11-/m0/s1. The van der Waals surface area contributed by atoms with Crippen LogP contribution in [0.3, 0.4) is 0 Å². The van der Waals surface area contributed by atoms with Crippen molar-refractivity contribution in [2.24, 2.45) is 5.92 Å². The minimum absolute atomic E-state index is 0.302. The maximum Gasteiger partial charge on any atom is 0.146 e. The lowest BCUT2D eigenvalue weighted by Gasteiger charge is -2.12. The fraction of sp³-hybridized carbons (Fsp3) is 0.385. The molecule has 0 aliphatic carbocycles. The molecule has 1 rings (SSSR count). The molecule has 0 unspecified atom stereocenters. The van der Waals surface area contributed by atoms with Crippen LogP contribution in [0.1, 0.15) is 5.56 Å². The van der Waals surface area contributed by atoms with Crippen molar-refractivity contribution in [2.45, 2.75) is 6.42 Å². The first-order valence-corrected chi connectivity index (χ1v) is 5.57. The summed E-state index contributed by atoms with van der Waals surface area (Å²) < 4.78 is 10.1. The van der Waals surface area contributed by atoms with Gasteiger partial charge in [-0.25, -0.2) is 0 Å². The molecule has 3 heteroatoms. The zero-order valence-electron chi connectivity index (χ0n) is 9.49. The van der Waals surface area contributed by atoms with Crippen LogP contribution < -0.4 is 0 Å². The third kappa shape index (κ3) is 4.79. The van der Waals surface area contributed by atoms with Crippen LogP contribution in [0.15, 0.2) is 36.9 Å². The predicted octanol–water partition coefficient (Wildman–Crippen LogP) is 3.31. The van der Waals surface area contributed by atoms with Gasteiger partial charge in [0, 0.05) is 18.1 Å². The van der Waals surface area contributed by atoms with Gasteiger partial charge in [0.2, 0.25) is 0 Å². The molecule has 0 spiro atoms. The number of benzene rings is 1. The molecule has 1 aromatic carbocycles. The maximum atomic E-state index is 5.82. The lowest BCUT2D eigenvalue weighted by atomic mass is 10.0. The van der Waals surface area contributed by atoms with Gasteiger partial charge in [0.25, 0.3) is 0 Å². The first kappa shape index (κ1) is 13.2. The average molecular weight is 241 g/mol. The van der Waals surface area contributed by atoms with Crippen molar-refractivity contribution in [1.82, 2.24) is 0 Å². The van der Waals surface area contributed by atoms with Crippen molar-refractivity contribution in [1.29, 1.82) is 0 Å². The maximum absolute atomic E-state index is 5.82. The Hall–Kier alpha value is -0.830. The Bertz CT molecular complexity index is 308. The summed E-state index contributed by atoms with van der Waals surface area (Å²) in [5, 5.41) is 0.759. The second kappa shape index (κ2) is 7.44. The van der Waals surface area contributed by atoms with Gasteiger partial charge in [0.05, 0.1) is 6.61 Å². The lowest BCUT2D eigenvalue weighted by Crippen LogP contribution is -2.11. The van der Waals surface area contributed by atoms with Crippen molar-refractivity contribution >= 4 is 11.6 Å². The van der Waals surface area contributed by atoms with Crippen molar-refractivity contribution in [3.05, 3.63) is 47.5 Å². The van der Waals surface area contributed by atoms with E-state index >= 15 is 0 Å². The molecule has 0 N–H and O–H groups in total. The van der Waals surface area contributed by atoms with E-state index in [-0.39, 0.29) is 0 Å². The van der Waals surface area contributed by atoms with Crippen LogP contribution >= 0.6 is 11.6 Å². The van der Waals surface area contributed by atoms with Crippen LogP contribution in [-0.2, 0) is 15.9 Å². The summed E-state index contributed by atoms with van der Waals surface area (Å²) >= 11 is 5.82. The molecule has 0 heterocycles. The highest BCUT2D eigenvalue weighted by atomic mass is 35.5. The number of methoxy groups -OCH3 is 1. The normalized spacial score (nSPS) is 12.4. The molecule has 0 aromatic heterocycles. The number of halogens is 1. The van der Waals surface area contributed by atoms with E-state index in [1.807, 2.05) is 30.3 Å². The molecule has 1 atom stereocenters. The zero-order chi connectivity index (χ0) is 11.8. The summed E-state index contributed by atoms with van der Waals surface area (Å²) in [5.41, 5.74) is 1.23. The summed E-state index contributed by atoms with van der Waals surface area (Å²) in [6.07, 6.45) is 2.81. The first-order chi connectivity index (χ1) is 7.76. The van der Waals surface area contributed by atoms with Crippen molar-refractivity contribution in [3.8, 4) is 0 Å². The second-order valence-corrected chi connectivity index (χ2v) is 4.04. The lowest BCUT2D eigenvalue weighted by molar-refractivity contribution is -0.0385. The first-order valence-electron chi connectivity index (χ1n) is 5.20. The molecular weight excluding hydrogens is 224 g/mol. The van der Waals surface area contributed by atoms with Gasteiger partial charge in [0.15, 0.2) is 0 Å². The van der Waals surface area contributed by atoms with Crippen LogP contribution in [0.2, 0.25) is 5.02 Å². The Kier molecular flexibility index (Phi) is 6.16. The third-order valence-corrected chi connectivity index (χ3v) is 2.53. The molecule has 0 saturated heterocycles. The van der Waals surface area contributed by atoms with Crippen molar-refractivity contribution in [3.63, 3.8) is 0 Å². The van der Waals surface area contributed by atoms with E-state index in [4.69, 9.17) is 21.1 Å². The molecule has 88 valence electrons. The van der Waals surface area contributed by atoms with Crippen LogP contribution in [0.25, 0.3) is 0 Å². The van der Waals surface area contributed by atoms with Gasteiger partial charge >= 0.3 is 0 Å². The zero-order valence-corrected chi connectivity index (χ0v) is 10.2.